The second-order valence-electron chi connectivity index (χ2n) is 4.91. The summed E-state index contributed by atoms with van der Waals surface area (Å²) in [5.74, 6) is 1.90. The van der Waals surface area contributed by atoms with Crippen LogP contribution in [0.15, 0.2) is 0 Å². The Labute approximate surface area is 99.5 Å². The summed E-state index contributed by atoms with van der Waals surface area (Å²) in [6, 6.07) is 0. The maximum absolute atomic E-state index is 4.74. The molecule has 0 aliphatic heterocycles. The van der Waals surface area contributed by atoms with Gasteiger partial charge in [0.1, 0.15) is 5.82 Å². The van der Waals surface area contributed by atoms with Crippen molar-refractivity contribution in [3.05, 3.63) is 22.8 Å². The van der Waals surface area contributed by atoms with Gasteiger partial charge in [-0.25, -0.2) is 9.97 Å². The molecule has 2 heteroatoms. The maximum Gasteiger partial charge on any atom is 0.131 e. The Morgan fingerprint density at radius 2 is 1.50 bits per heavy atom. The van der Waals surface area contributed by atoms with Crippen molar-refractivity contribution in [1.82, 2.24) is 9.97 Å². The summed E-state index contributed by atoms with van der Waals surface area (Å²) >= 11 is 0. The van der Waals surface area contributed by atoms with E-state index < -0.39 is 0 Å². The minimum atomic E-state index is 0.411. The molecule has 0 unspecified atom stereocenters. The van der Waals surface area contributed by atoms with Crippen molar-refractivity contribution in [2.75, 3.05) is 0 Å². The van der Waals surface area contributed by atoms with Crippen LogP contribution in [0.1, 0.15) is 76.2 Å². The molecule has 0 N–H and O–H groups in total. The Morgan fingerprint density at radius 1 is 0.875 bits per heavy atom. The first-order chi connectivity index (χ1) is 7.51. The van der Waals surface area contributed by atoms with Crippen LogP contribution in [-0.4, -0.2) is 9.97 Å². The fourth-order valence-electron chi connectivity index (χ4n) is 1.98. The normalized spacial score (nSPS) is 11.5. The van der Waals surface area contributed by atoms with E-state index in [-0.39, 0.29) is 0 Å². The van der Waals surface area contributed by atoms with E-state index in [4.69, 9.17) is 9.97 Å². The standard InChI is InChI=1S/C14H24N2/c1-7-11-12(8-2)15-14(10(5)6)16-13(11)9(3)4/h9-10H,7-8H2,1-6H3. The number of aromatic nitrogens is 2. The van der Waals surface area contributed by atoms with Crippen LogP contribution >= 0.6 is 0 Å². The zero-order valence-electron chi connectivity index (χ0n) is 11.5. The second-order valence-corrected chi connectivity index (χ2v) is 4.91. The lowest BCUT2D eigenvalue weighted by Gasteiger charge is -2.17. The van der Waals surface area contributed by atoms with Crippen LogP contribution in [0.5, 0.6) is 0 Å². The summed E-state index contributed by atoms with van der Waals surface area (Å²) in [7, 11) is 0. The number of hydrogen-bond donors (Lipinski definition) is 0. The first kappa shape index (κ1) is 13.1. The first-order valence-corrected chi connectivity index (χ1v) is 6.40. The van der Waals surface area contributed by atoms with E-state index in [0.717, 1.165) is 18.7 Å². The molecule has 1 aromatic rings. The van der Waals surface area contributed by atoms with Crippen molar-refractivity contribution in [3.8, 4) is 0 Å². The zero-order chi connectivity index (χ0) is 12.3. The van der Waals surface area contributed by atoms with E-state index in [9.17, 15) is 0 Å². The average Bonchev–Trinajstić information content (AvgIpc) is 2.26. The summed E-state index contributed by atoms with van der Waals surface area (Å²) in [6.07, 6.45) is 2.04. The fourth-order valence-corrected chi connectivity index (χ4v) is 1.98. The molecule has 90 valence electrons. The van der Waals surface area contributed by atoms with Crippen molar-refractivity contribution in [1.29, 1.82) is 0 Å². The van der Waals surface area contributed by atoms with Gasteiger partial charge in [-0.3, -0.25) is 0 Å². The molecule has 0 aromatic carbocycles. The lowest BCUT2D eigenvalue weighted by molar-refractivity contribution is 0.698. The van der Waals surface area contributed by atoms with Crippen LogP contribution in [0.3, 0.4) is 0 Å². The van der Waals surface area contributed by atoms with Crippen LogP contribution in [0.25, 0.3) is 0 Å². The predicted molar refractivity (Wildman–Crippen MR) is 69.0 cm³/mol. The highest BCUT2D eigenvalue weighted by Gasteiger charge is 2.15. The van der Waals surface area contributed by atoms with Gasteiger partial charge in [-0.05, 0) is 24.3 Å². The Kier molecular flexibility index (Phi) is 4.45. The van der Waals surface area contributed by atoms with Gasteiger partial charge in [-0.15, -0.1) is 0 Å². The number of rotatable bonds is 4. The second kappa shape index (κ2) is 5.42. The average molecular weight is 220 g/mol. The third-order valence-corrected chi connectivity index (χ3v) is 2.89. The van der Waals surface area contributed by atoms with Crippen LogP contribution < -0.4 is 0 Å². The topological polar surface area (TPSA) is 25.8 Å². The fraction of sp³-hybridized carbons (Fsp3) is 0.714. The molecule has 0 aliphatic carbocycles. The van der Waals surface area contributed by atoms with Crippen molar-refractivity contribution >= 4 is 0 Å². The van der Waals surface area contributed by atoms with Gasteiger partial charge in [0.25, 0.3) is 0 Å². The van der Waals surface area contributed by atoms with Gasteiger partial charge in [0.15, 0.2) is 0 Å². The van der Waals surface area contributed by atoms with E-state index in [0.29, 0.717) is 11.8 Å². The van der Waals surface area contributed by atoms with Crippen LogP contribution in [0, 0.1) is 0 Å². The van der Waals surface area contributed by atoms with Gasteiger partial charge in [0.05, 0.1) is 5.69 Å². The smallest absolute Gasteiger partial charge is 0.131 e. The Balaban J connectivity index is 3.37. The van der Waals surface area contributed by atoms with Gasteiger partial charge in [0, 0.05) is 11.6 Å². The predicted octanol–water partition coefficient (Wildman–Crippen LogP) is 3.85. The van der Waals surface area contributed by atoms with E-state index >= 15 is 0 Å². The molecule has 16 heavy (non-hydrogen) atoms. The number of hydrogen-bond acceptors (Lipinski definition) is 2. The van der Waals surface area contributed by atoms with Gasteiger partial charge < -0.3 is 0 Å². The van der Waals surface area contributed by atoms with Gasteiger partial charge >= 0.3 is 0 Å². The molecular weight excluding hydrogens is 196 g/mol. The van der Waals surface area contributed by atoms with Crippen LogP contribution in [-0.2, 0) is 12.8 Å². The molecular formula is C14H24N2. The highest BCUT2D eigenvalue weighted by atomic mass is 14.9. The third kappa shape index (κ3) is 2.60. The van der Waals surface area contributed by atoms with E-state index in [2.05, 4.69) is 41.5 Å². The SMILES string of the molecule is CCc1nc(C(C)C)nc(C(C)C)c1CC. The van der Waals surface area contributed by atoms with Crippen molar-refractivity contribution < 1.29 is 0 Å². The summed E-state index contributed by atoms with van der Waals surface area (Å²) in [5, 5.41) is 0. The lowest BCUT2D eigenvalue weighted by atomic mass is 9.98. The van der Waals surface area contributed by atoms with Crippen LogP contribution in [0.4, 0.5) is 0 Å². The van der Waals surface area contributed by atoms with Gasteiger partial charge in [-0.2, -0.15) is 0 Å². The summed E-state index contributed by atoms with van der Waals surface area (Å²) in [5.41, 5.74) is 3.85. The zero-order valence-corrected chi connectivity index (χ0v) is 11.5. The lowest BCUT2D eigenvalue weighted by Crippen LogP contribution is -2.11. The van der Waals surface area contributed by atoms with Crippen molar-refractivity contribution in [2.45, 2.75) is 66.2 Å². The Hall–Kier alpha value is -0.920. The van der Waals surface area contributed by atoms with Crippen LogP contribution in [0.2, 0.25) is 0 Å². The number of aryl methyl sites for hydroxylation is 1. The van der Waals surface area contributed by atoms with E-state index in [1.807, 2.05) is 0 Å². The molecule has 1 heterocycles. The van der Waals surface area contributed by atoms with E-state index in [1.54, 1.807) is 0 Å². The molecule has 0 radical (unpaired) electrons. The molecule has 0 atom stereocenters. The monoisotopic (exact) mass is 220 g/mol. The summed E-state index contributed by atoms with van der Waals surface area (Å²) in [6.45, 7) is 13.1. The number of nitrogens with zero attached hydrogens (tertiary/aromatic N) is 2. The molecule has 0 saturated carbocycles. The molecule has 0 saturated heterocycles. The first-order valence-electron chi connectivity index (χ1n) is 6.40. The van der Waals surface area contributed by atoms with Crippen molar-refractivity contribution in [3.63, 3.8) is 0 Å². The molecule has 2 nitrogen and oxygen atoms in total. The Bertz CT molecular complexity index is 354. The largest absolute Gasteiger partial charge is 0.237 e. The molecule has 0 spiro atoms. The summed E-state index contributed by atoms with van der Waals surface area (Å²) < 4.78 is 0. The molecule has 0 fully saturated rings. The van der Waals surface area contributed by atoms with Gasteiger partial charge in [0.2, 0.25) is 0 Å². The molecule has 1 aromatic heterocycles. The van der Waals surface area contributed by atoms with E-state index in [1.165, 1.54) is 17.0 Å². The van der Waals surface area contributed by atoms with Crippen molar-refractivity contribution in [2.24, 2.45) is 0 Å². The molecule has 0 aliphatic rings. The quantitative estimate of drug-likeness (QED) is 0.770. The third-order valence-electron chi connectivity index (χ3n) is 2.89. The molecule has 0 bridgehead atoms. The molecule has 1 rings (SSSR count). The van der Waals surface area contributed by atoms with Gasteiger partial charge in [-0.1, -0.05) is 41.5 Å². The summed E-state index contributed by atoms with van der Waals surface area (Å²) in [4.78, 5) is 9.43. The minimum Gasteiger partial charge on any atom is -0.237 e. The highest BCUT2D eigenvalue weighted by molar-refractivity contribution is 5.29. The minimum absolute atomic E-state index is 0.411. The maximum atomic E-state index is 4.74. The Morgan fingerprint density at radius 3 is 1.88 bits per heavy atom. The molecule has 0 amide bonds. The highest BCUT2D eigenvalue weighted by Crippen LogP contribution is 2.23.